The first-order chi connectivity index (χ1) is 11.1. The molecule has 0 spiro atoms. The largest absolute Gasteiger partial charge is 0.329 e. The SMILES string of the molecule is Cc1ncc2sc(C(=O)N3CCCC3c3ccc(Br)cc3)nn12. The molecule has 1 unspecified atom stereocenters. The van der Waals surface area contributed by atoms with Crippen molar-refractivity contribution < 1.29 is 4.79 Å². The van der Waals surface area contributed by atoms with E-state index in [2.05, 4.69) is 38.1 Å². The van der Waals surface area contributed by atoms with E-state index >= 15 is 0 Å². The van der Waals surface area contributed by atoms with Gasteiger partial charge in [-0.15, -0.1) is 5.10 Å². The number of carbonyl (C=O) groups is 1. The van der Waals surface area contributed by atoms with Gasteiger partial charge in [0.15, 0.2) is 0 Å². The Morgan fingerprint density at radius 2 is 2.13 bits per heavy atom. The van der Waals surface area contributed by atoms with Crippen LogP contribution in [-0.2, 0) is 0 Å². The standard InChI is InChI=1S/C16H15BrN4OS/c1-10-18-9-14-21(10)19-15(23-14)16(22)20-8-2-3-13(20)11-4-6-12(17)7-5-11/h4-7,9,13H,2-3,8H2,1H3. The van der Waals surface area contributed by atoms with E-state index in [-0.39, 0.29) is 11.9 Å². The maximum absolute atomic E-state index is 12.9. The molecule has 0 saturated carbocycles. The van der Waals surface area contributed by atoms with E-state index in [0.717, 1.165) is 34.5 Å². The van der Waals surface area contributed by atoms with Crippen molar-refractivity contribution in [2.24, 2.45) is 0 Å². The molecule has 5 nitrogen and oxygen atoms in total. The van der Waals surface area contributed by atoms with Crippen LogP contribution in [0.5, 0.6) is 0 Å². The number of carbonyl (C=O) groups excluding carboxylic acids is 1. The summed E-state index contributed by atoms with van der Waals surface area (Å²) >= 11 is 4.86. The molecule has 1 fully saturated rings. The lowest BCUT2D eigenvalue weighted by molar-refractivity contribution is 0.0734. The van der Waals surface area contributed by atoms with Crippen molar-refractivity contribution in [3.8, 4) is 0 Å². The Labute approximate surface area is 146 Å². The Hall–Kier alpha value is -1.73. The summed E-state index contributed by atoms with van der Waals surface area (Å²) in [6.07, 6.45) is 3.79. The Morgan fingerprint density at radius 3 is 2.87 bits per heavy atom. The van der Waals surface area contributed by atoms with Crippen LogP contribution in [0.3, 0.4) is 0 Å². The molecule has 2 aromatic heterocycles. The van der Waals surface area contributed by atoms with Gasteiger partial charge in [0.25, 0.3) is 5.91 Å². The van der Waals surface area contributed by atoms with E-state index in [1.54, 1.807) is 10.7 Å². The third-order valence-electron chi connectivity index (χ3n) is 4.22. The molecule has 1 saturated heterocycles. The average molecular weight is 391 g/mol. The average Bonchev–Trinajstić information content (AvgIpc) is 3.25. The maximum atomic E-state index is 12.9. The molecule has 1 atom stereocenters. The van der Waals surface area contributed by atoms with Crippen molar-refractivity contribution in [2.45, 2.75) is 25.8 Å². The fraction of sp³-hybridized carbons (Fsp3) is 0.312. The van der Waals surface area contributed by atoms with Gasteiger partial charge in [-0.2, -0.15) is 0 Å². The number of likely N-dealkylation sites (tertiary alicyclic amines) is 1. The Morgan fingerprint density at radius 1 is 1.35 bits per heavy atom. The summed E-state index contributed by atoms with van der Waals surface area (Å²) in [5, 5.41) is 4.97. The molecule has 3 heterocycles. The molecule has 4 rings (SSSR count). The minimum atomic E-state index is 0.0171. The van der Waals surface area contributed by atoms with Gasteiger partial charge in [0, 0.05) is 11.0 Å². The van der Waals surface area contributed by atoms with E-state index < -0.39 is 0 Å². The monoisotopic (exact) mass is 390 g/mol. The zero-order valence-corrected chi connectivity index (χ0v) is 15.0. The van der Waals surface area contributed by atoms with Gasteiger partial charge >= 0.3 is 0 Å². The predicted molar refractivity (Wildman–Crippen MR) is 92.8 cm³/mol. The second kappa shape index (κ2) is 5.72. The van der Waals surface area contributed by atoms with E-state index in [4.69, 9.17) is 0 Å². The first-order valence-electron chi connectivity index (χ1n) is 7.51. The van der Waals surface area contributed by atoms with Gasteiger partial charge in [0.1, 0.15) is 10.7 Å². The van der Waals surface area contributed by atoms with Gasteiger partial charge in [-0.1, -0.05) is 39.4 Å². The van der Waals surface area contributed by atoms with Crippen LogP contribution in [0.4, 0.5) is 0 Å². The third-order valence-corrected chi connectivity index (χ3v) is 5.69. The number of aryl methyl sites for hydroxylation is 1. The topological polar surface area (TPSA) is 50.5 Å². The highest BCUT2D eigenvalue weighted by Gasteiger charge is 2.32. The molecule has 0 radical (unpaired) electrons. The van der Waals surface area contributed by atoms with E-state index in [9.17, 15) is 4.79 Å². The molecule has 1 aromatic carbocycles. The summed E-state index contributed by atoms with van der Waals surface area (Å²) in [5.74, 6) is 0.824. The number of imidazole rings is 1. The van der Waals surface area contributed by atoms with Crippen LogP contribution in [0.25, 0.3) is 4.83 Å². The molecule has 0 bridgehead atoms. The first-order valence-corrected chi connectivity index (χ1v) is 9.12. The number of nitrogens with zero attached hydrogens (tertiary/aromatic N) is 4. The van der Waals surface area contributed by atoms with Crippen molar-refractivity contribution in [3.63, 3.8) is 0 Å². The number of amides is 1. The van der Waals surface area contributed by atoms with Crippen molar-refractivity contribution in [1.82, 2.24) is 19.5 Å². The molecular formula is C16H15BrN4OS. The van der Waals surface area contributed by atoms with E-state index in [0.29, 0.717) is 5.01 Å². The lowest BCUT2D eigenvalue weighted by Gasteiger charge is -2.24. The zero-order chi connectivity index (χ0) is 16.0. The second-order valence-corrected chi connectivity index (χ2v) is 7.60. The minimum Gasteiger partial charge on any atom is -0.329 e. The number of hydrogen-bond donors (Lipinski definition) is 0. The quantitative estimate of drug-likeness (QED) is 0.667. The summed E-state index contributed by atoms with van der Waals surface area (Å²) in [7, 11) is 0. The third kappa shape index (κ3) is 2.57. The molecule has 0 aliphatic carbocycles. The lowest BCUT2D eigenvalue weighted by Crippen LogP contribution is -2.30. The fourth-order valence-corrected chi connectivity index (χ4v) is 4.22. The van der Waals surface area contributed by atoms with Gasteiger partial charge in [0.2, 0.25) is 5.01 Å². The first kappa shape index (κ1) is 14.8. The van der Waals surface area contributed by atoms with Gasteiger partial charge < -0.3 is 4.90 Å². The van der Waals surface area contributed by atoms with Gasteiger partial charge in [-0.3, -0.25) is 4.79 Å². The fourth-order valence-electron chi connectivity index (χ4n) is 3.07. The molecule has 1 amide bonds. The highest BCUT2D eigenvalue weighted by Crippen LogP contribution is 2.34. The predicted octanol–water partition coefficient (Wildman–Crippen LogP) is 3.84. The molecule has 0 N–H and O–H groups in total. The van der Waals surface area contributed by atoms with Gasteiger partial charge in [-0.05, 0) is 37.5 Å². The number of hydrogen-bond acceptors (Lipinski definition) is 4. The van der Waals surface area contributed by atoms with Crippen LogP contribution < -0.4 is 0 Å². The van der Waals surface area contributed by atoms with Crippen LogP contribution >= 0.6 is 27.3 Å². The molecule has 1 aliphatic rings. The normalized spacial score (nSPS) is 18.0. The maximum Gasteiger partial charge on any atom is 0.285 e. The highest BCUT2D eigenvalue weighted by atomic mass is 79.9. The smallest absolute Gasteiger partial charge is 0.285 e. The Kier molecular flexibility index (Phi) is 3.69. The number of halogens is 1. The van der Waals surface area contributed by atoms with Gasteiger partial charge in [-0.25, -0.2) is 9.50 Å². The molecule has 118 valence electrons. The number of benzene rings is 1. The van der Waals surface area contributed by atoms with Crippen LogP contribution in [0, 0.1) is 6.92 Å². The van der Waals surface area contributed by atoms with Crippen molar-refractivity contribution in [2.75, 3.05) is 6.54 Å². The zero-order valence-electron chi connectivity index (χ0n) is 12.6. The van der Waals surface area contributed by atoms with Crippen LogP contribution in [0.1, 0.15) is 40.1 Å². The van der Waals surface area contributed by atoms with Crippen LogP contribution in [-0.4, -0.2) is 31.9 Å². The Balaban J connectivity index is 1.64. The highest BCUT2D eigenvalue weighted by molar-refractivity contribution is 9.10. The summed E-state index contributed by atoms with van der Waals surface area (Å²) < 4.78 is 2.79. The minimum absolute atomic E-state index is 0.0171. The van der Waals surface area contributed by atoms with Gasteiger partial charge in [0.05, 0.1) is 12.2 Å². The number of fused-ring (bicyclic) bond motifs is 1. The van der Waals surface area contributed by atoms with E-state index in [1.807, 2.05) is 24.0 Å². The molecule has 23 heavy (non-hydrogen) atoms. The van der Waals surface area contributed by atoms with E-state index in [1.165, 1.54) is 16.9 Å². The van der Waals surface area contributed by atoms with Crippen molar-refractivity contribution in [1.29, 1.82) is 0 Å². The van der Waals surface area contributed by atoms with Crippen LogP contribution in [0.15, 0.2) is 34.9 Å². The van der Waals surface area contributed by atoms with Crippen molar-refractivity contribution >= 4 is 38.0 Å². The van der Waals surface area contributed by atoms with Crippen LogP contribution in [0.2, 0.25) is 0 Å². The molecule has 7 heteroatoms. The lowest BCUT2D eigenvalue weighted by atomic mass is 10.0. The molecule has 3 aromatic rings. The summed E-state index contributed by atoms with van der Waals surface area (Å²) in [6, 6.07) is 8.36. The second-order valence-electron chi connectivity index (χ2n) is 5.67. The van der Waals surface area contributed by atoms with Crippen molar-refractivity contribution in [3.05, 3.63) is 51.3 Å². The number of aromatic nitrogens is 3. The Bertz CT molecular complexity index is 870. The summed E-state index contributed by atoms with van der Waals surface area (Å²) in [4.78, 5) is 20.0. The molecule has 1 aliphatic heterocycles. The summed E-state index contributed by atoms with van der Waals surface area (Å²) in [6.45, 7) is 2.67. The summed E-state index contributed by atoms with van der Waals surface area (Å²) in [5.41, 5.74) is 1.18. The molecular weight excluding hydrogens is 376 g/mol. The number of rotatable bonds is 2.